The SMILES string of the molecule is COC(=O)c1cc2c(CC(=O)OCc3ccccc3)nn(C(c3ccccc3)(c3ccccc3)c3ccccc3)c2cc1Cl.COC(=O)c1cc2c(I)nn(C(c3ccccc3)(c3ccccc3)c3ccccc3)c2cc1Cl.NC(=O)OCc1ccccc1. The number of carbonyl (C=O) groups is 4. The summed E-state index contributed by atoms with van der Waals surface area (Å²) in [6.07, 6.45) is -0.860. The molecule has 2 N–H and O–H groups in total. The minimum absolute atomic E-state index is 0.118. The molecule has 1 amide bonds. The summed E-state index contributed by atoms with van der Waals surface area (Å²) in [5.41, 5.74) is 13.3. The Labute approximate surface area is 538 Å². The number of hydrogen-bond donors (Lipinski definition) is 1. The second-order valence-corrected chi connectivity index (χ2v) is 22.1. The van der Waals surface area contributed by atoms with Crippen LogP contribution in [0.3, 0.4) is 0 Å². The van der Waals surface area contributed by atoms with Gasteiger partial charge in [-0.2, -0.15) is 10.2 Å². The molecule has 0 radical (unpaired) electrons. The quantitative estimate of drug-likeness (QED) is 0.0426. The highest BCUT2D eigenvalue weighted by molar-refractivity contribution is 14.1. The fourth-order valence-corrected chi connectivity index (χ4v) is 12.1. The first-order valence-corrected chi connectivity index (χ1v) is 30.0. The van der Waals surface area contributed by atoms with Gasteiger partial charge in [0.2, 0.25) is 0 Å². The van der Waals surface area contributed by atoms with Crippen molar-refractivity contribution in [2.75, 3.05) is 14.2 Å². The number of nitrogens with two attached hydrogens (primary N) is 1. The van der Waals surface area contributed by atoms with Crippen molar-refractivity contribution in [3.8, 4) is 0 Å². The molecule has 0 unspecified atom stereocenters. The van der Waals surface area contributed by atoms with Crippen molar-refractivity contribution in [3.63, 3.8) is 0 Å². The van der Waals surface area contributed by atoms with Crippen molar-refractivity contribution in [1.29, 1.82) is 0 Å². The minimum Gasteiger partial charge on any atom is -0.465 e. The van der Waals surface area contributed by atoms with E-state index in [-0.39, 0.29) is 30.2 Å². The number of fused-ring (bicyclic) bond motifs is 2. The number of carbonyl (C=O) groups excluding carboxylic acids is 4. The average Bonchev–Trinajstić information content (AvgIpc) is 1.70. The van der Waals surface area contributed by atoms with Crippen molar-refractivity contribution >= 4 is 91.6 Å². The highest BCUT2D eigenvalue weighted by atomic mass is 127. The van der Waals surface area contributed by atoms with Crippen molar-refractivity contribution in [3.05, 3.63) is 342 Å². The molecular formula is C73H58Cl2IN5O8. The third kappa shape index (κ3) is 13.4. The van der Waals surface area contributed by atoms with Gasteiger partial charge >= 0.3 is 24.0 Å². The molecule has 12 aromatic rings. The molecular weight excluding hydrogens is 1270 g/mol. The van der Waals surface area contributed by atoms with Crippen LogP contribution in [0.5, 0.6) is 0 Å². The van der Waals surface area contributed by atoms with Crippen LogP contribution in [0.15, 0.2) is 267 Å². The number of methoxy groups -OCH3 is 2. The molecule has 0 saturated heterocycles. The Kier molecular flexibility index (Phi) is 20.1. The molecule has 13 nitrogen and oxygen atoms in total. The Morgan fingerprint density at radius 3 is 1.08 bits per heavy atom. The first-order valence-electron chi connectivity index (χ1n) is 28.1. The maximum Gasteiger partial charge on any atom is 0.404 e. The Morgan fingerprint density at radius 1 is 0.438 bits per heavy atom. The van der Waals surface area contributed by atoms with Crippen LogP contribution < -0.4 is 5.73 Å². The van der Waals surface area contributed by atoms with Crippen LogP contribution in [-0.4, -0.2) is 57.8 Å². The van der Waals surface area contributed by atoms with Crippen LogP contribution in [0.1, 0.15) is 70.9 Å². The predicted molar refractivity (Wildman–Crippen MR) is 355 cm³/mol. The van der Waals surface area contributed by atoms with Crippen LogP contribution in [-0.2, 0) is 54.5 Å². The smallest absolute Gasteiger partial charge is 0.404 e. The maximum atomic E-state index is 13.3. The summed E-state index contributed by atoms with van der Waals surface area (Å²) in [4.78, 5) is 48.5. The van der Waals surface area contributed by atoms with E-state index in [0.29, 0.717) is 27.2 Å². The molecule has 0 aliphatic rings. The van der Waals surface area contributed by atoms with Crippen molar-refractivity contribution in [2.45, 2.75) is 30.7 Å². The van der Waals surface area contributed by atoms with Gasteiger partial charge in [-0.1, -0.05) is 266 Å². The van der Waals surface area contributed by atoms with Gasteiger partial charge in [0.25, 0.3) is 0 Å². The van der Waals surface area contributed by atoms with Gasteiger partial charge in [-0.3, -0.25) is 4.79 Å². The number of hydrogen-bond acceptors (Lipinski definition) is 10. The number of esters is 3. The van der Waals surface area contributed by atoms with Gasteiger partial charge in [0.15, 0.2) is 0 Å². The zero-order valence-electron chi connectivity index (χ0n) is 48.3. The van der Waals surface area contributed by atoms with Crippen LogP contribution in [0.25, 0.3) is 21.8 Å². The van der Waals surface area contributed by atoms with Gasteiger partial charge in [-0.15, -0.1) is 0 Å². The second kappa shape index (κ2) is 28.8. The largest absolute Gasteiger partial charge is 0.465 e. The summed E-state index contributed by atoms with van der Waals surface area (Å²) in [5.74, 6) is -1.50. The van der Waals surface area contributed by atoms with E-state index in [1.165, 1.54) is 14.2 Å². The van der Waals surface area contributed by atoms with Crippen molar-refractivity contribution < 1.29 is 38.1 Å². The predicted octanol–water partition coefficient (Wildman–Crippen LogP) is 15.8. The summed E-state index contributed by atoms with van der Waals surface area (Å²) in [5, 5.41) is 12.2. The van der Waals surface area contributed by atoms with Crippen LogP contribution >= 0.6 is 45.8 Å². The number of ether oxygens (including phenoxy) is 4. The third-order valence-corrected chi connectivity index (χ3v) is 16.4. The summed E-state index contributed by atoms with van der Waals surface area (Å²) in [6.45, 7) is 0.385. The van der Waals surface area contributed by atoms with E-state index in [1.807, 2.05) is 185 Å². The number of amides is 1. The van der Waals surface area contributed by atoms with E-state index in [2.05, 4.69) is 100 Å². The zero-order valence-corrected chi connectivity index (χ0v) is 52.0. The fraction of sp³-hybridized carbons (Fsp3) is 0.0959. The number of nitrogens with zero attached hydrogens (tertiary/aromatic N) is 4. The molecule has 0 bridgehead atoms. The average molecular weight is 1330 g/mol. The molecule has 10 aromatic carbocycles. The first kappa shape index (κ1) is 62.2. The van der Waals surface area contributed by atoms with E-state index in [4.69, 9.17) is 53.3 Å². The lowest BCUT2D eigenvalue weighted by Crippen LogP contribution is -2.38. The molecule has 12 rings (SSSR count). The topological polar surface area (TPSA) is 167 Å². The van der Waals surface area contributed by atoms with E-state index in [1.54, 1.807) is 18.2 Å². The number of primary amides is 1. The van der Waals surface area contributed by atoms with Gasteiger partial charge < -0.3 is 24.7 Å². The van der Waals surface area contributed by atoms with Crippen molar-refractivity contribution in [2.24, 2.45) is 5.73 Å². The number of benzene rings is 10. The van der Waals surface area contributed by atoms with Crippen LogP contribution in [0, 0.1) is 3.70 Å². The highest BCUT2D eigenvalue weighted by Crippen LogP contribution is 2.46. The molecule has 0 aliphatic carbocycles. The molecule has 2 aromatic heterocycles. The Hall–Kier alpha value is -9.87. The number of halogens is 3. The van der Waals surface area contributed by atoms with E-state index in [0.717, 1.165) is 59.1 Å². The lowest BCUT2D eigenvalue weighted by molar-refractivity contribution is -0.144. The summed E-state index contributed by atoms with van der Waals surface area (Å²) >= 11 is 15.6. The molecule has 89 heavy (non-hydrogen) atoms. The number of rotatable bonds is 16. The molecule has 0 spiro atoms. The molecule has 0 fully saturated rings. The van der Waals surface area contributed by atoms with E-state index in [9.17, 15) is 19.2 Å². The van der Waals surface area contributed by atoms with Crippen LogP contribution in [0.2, 0.25) is 10.0 Å². The fourth-order valence-electron chi connectivity index (χ4n) is 10.9. The highest BCUT2D eigenvalue weighted by Gasteiger charge is 2.43. The standard InChI is InChI=1S/C37H29ClN2O4.C28H20ClIN2O2.C8H9NO2/c1-43-36(42)30-22-31-33(24-35(41)44-25-26-14-6-2-7-15-26)39-40(34(31)23-32(30)38)37(27-16-8-3-9-17-27,28-18-10-4-11-19-28)29-20-12-5-13-21-29;1-34-27(33)22-17-23-25(18-24(22)29)32(31-26(23)30)28(19-11-5-2-6-12-19,20-13-7-3-8-14-20)21-15-9-4-10-16-21;9-8(10)11-6-7-4-2-1-3-5-7/h2-23H,24-25H2,1H3;2-18H,1H3;1-5H,6H2,(H2,9,10). The number of aromatic nitrogens is 4. The summed E-state index contributed by atoms with van der Waals surface area (Å²) in [6, 6.07) is 87.0. The molecule has 0 aliphatic heterocycles. The Bertz CT molecular complexity index is 4180. The van der Waals surface area contributed by atoms with Gasteiger partial charge in [-0.05, 0) is 91.4 Å². The molecule has 2 heterocycles. The molecule has 0 saturated carbocycles. The Balaban J connectivity index is 0.000000171. The minimum atomic E-state index is -0.968. The lowest BCUT2D eigenvalue weighted by atomic mass is 9.77. The van der Waals surface area contributed by atoms with E-state index >= 15 is 0 Å². The summed E-state index contributed by atoms with van der Waals surface area (Å²) < 4.78 is 24.9. The summed E-state index contributed by atoms with van der Waals surface area (Å²) in [7, 11) is 2.65. The lowest BCUT2D eigenvalue weighted by Gasteiger charge is -2.37. The molecule has 16 heteroatoms. The Morgan fingerprint density at radius 2 is 0.742 bits per heavy atom. The van der Waals surface area contributed by atoms with Gasteiger partial charge in [0, 0.05) is 10.8 Å². The van der Waals surface area contributed by atoms with Gasteiger partial charge in [0.05, 0.1) is 58.5 Å². The normalized spacial score (nSPS) is 11.1. The second-order valence-electron chi connectivity index (χ2n) is 20.3. The third-order valence-electron chi connectivity index (χ3n) is 14.9. The van der Waals surface area contributed by atoms with E-state index < -0.39 is 35.1 Å². The van der Waals surface area contributed by atoms with Crippen molar-refractivity contribution in [1.82, 2.24) is 19.6 Å². The van der Waals surface area contributed by atoms with Gasteiger partial charge in [0.1, 0.15) is 28.0 Å². The maximum absolute atomic E-state index is 13.3. The van der Waals surface area contributed by atoms with Gasteiger partial charge in [-0.25, -0.2) is 23.7 Å². The zero-order chi connectivity index (χ0) is 62.3. The van der Waals surface area contributed by atoms with Crippen LogP contribution in [0.4, 0.5) is 4.79 Å². The molecule has 444 valence electrons. The monoisotopic (exact) mass is 1330 g/mol. The molecule has 0 atom stereocenters. The first-order chi connectivity index (χ1) is 43.4.